The van der Waals surface area contributed by atoms with Gasteiger partial charge in [-0.1, -0.05) is 30.3 Å². The van der Waals surface area contributed by atoms with Crippen LogP contribution in [-0.4, -0.2) is 42.4 Å². The first-order valence-electron chi connectivity index (χ1n) is 6.83. The number of hydrogen-bond donors (Lipinski definition) is 1. The van der Waals surface area contributed by atoms with Gasteiger partial charge in [0.05, 0.1) is 5.92 Å². The van der Waals surface area contributed by atoms with Crippen molar-refractivity contribution in [2.75, 3.05) is 19.7 Å². The fraction of sp³-hybridized carbons (Fsp3) is 0.400. The highest BCUT2D eigenvalue weighted by atomic mass is 16.5. The second-order valence-corrected chi connectivity index (χ2v) is 5.05. The van der Waals surface area contributed by atoms with Gasteiger partial charge in [-0.15, -0.1) is 0 Å². The molecule has 1 atom stereocenters. The van der Waals surface area contributed by atoms with Gasteiger partial charge in [0.25, 0.3) is 5.91 Å². The molecule has 0 spiro atoms. The quantitative estimate of drug-likeness (QED) is 0.753. The molecule has 0 aliphatic carbocycles. The number of esters is 1. The van der Waals surface area contributed by atoms with Crippen LogP contribution in [0.15, 0.2) is 30.3 Å². The van der Waals surface area contributed by atoms with Crippen molar-refractivity contribution in [1.29, 1.82) is 0 Å². The van der Waals surface area contributed by atoms with Gasteiger partial charge in [0.1, 0.15) is 0 Å². The summed E-state index contributed by atoms with van der Waals surface area (Å²) in [5.41, 5.74) is 6.06. The molecule has 2 rings (SSSR count). The van der Waals surface area contributed by atoms with E-state index >= 15 is 0 Å². The summed E-state index contributed by atoms with van der Waals surface area (Å²) in [4.78, 5) is 35.8. The van der Waals surface area contributed by atoms with Crippen LogP contribution in [0.1, 0.15) is 12.0 Å². The number of nitrogens with two attached hydrogens (primary N) is 1. The highest BCUT2D eigenvalue weighted by molar-refractivity contribution is 5.87. The van der Waals surface area contributed by atoms with Gasteiger partial charge in [-0.3, -0.25) is 14.4 Å². The zero-order chi connectivity index (χ0) is 15.2. The first kappa shape index (κ1) is 15.0. The number of carbonyl (C=O) groups is 3. The predicted molar refractivity (Wildman–Crippen MR) is 75.0 cm³/mol. The molecule has 1 heterocycles. The first-order chi connectivity index (χ1) is 10.1. The van der Waals surface area contributed by atoms with E-state index in [1.807, 2.05) is 30.3 Å². The Bertz CT molecular complexity index is 530. The van der Waals surface area contributed by atoms with Crippen molar-refractivity contribution in [3.8, 4) is 0 Å². The number of nitrogens with zero attached hydrogens (tertiary/aromatic N) is 1. The summed E-state index contributed by atoms with van der Waals surface area (Å²) < 4.78 is 4.75. The van der Waals surface area contributed by atoms with Crippen LogP contribution >= 0.6 is 0 Å². The zero-order valence-corrected chi connectivity index (χ0v) is 11.7. The number of rotatable bonds is 6. The van der Waals surface area contributed by atoms with Gasteiger partial charge in [0.2, 0.25) is 5.91 Å². The van der Waals surface area contributed by atoms with E-state index in [0.29, 0.717) is 13.1 Å². The molecule has 1 aliphatic rings. The van der Waals surface area contributed by atoms with Gasteiger partial charge in [-0.2, -0.15) is 0 Å². The van der Waals surface area contributed by atoms with Gasteiger partial charge in [0.15, 0.2) is 6.61 Å². The molecule has 6 nitrogen and oxygen atoms in total. The second kappa shape index (κ2) is 6.88. The number of benzene rings is 1. The van der Waals surface area contributed by atoms with Crippen LogP contribution in [0.3, 0.4) is 0 Å². The van der Waals surface area contributed by atoms with E-state index in [0.717, 1.165) is 12.0 Å². The number of amides is 2. The summed E-state index contributed by atoms with van der Waals surface area (Å²) in [5, 5.41) is 0. The lowest BCUT2D eigenvalue weighted by molar-refractivity contribution is -0.151. The molecule has 0 radical (unpaired) electrons. The molecular weight excluding hydrogens is 272 g/mol. The molecule has 1 aliphatic heterocycles. The molecule has 21 heavy (non-hydrogen) atoms. The van der Waals surface area contributed by atoms with Crippen molar-refractivity contribution in [2.24, 2.45) is 11.7 Å². The molecular formula is C15H18N2O4. The fourth-order valence-electron chi connectivity index (χ4n) is 2.31. The smallest absolute Gasteiger partial charge is 0.311 e. The van der Waals surface area contributed by atoms with Crippen LogP contribution in [0.2, 0.25) is 0 Å². The number of carbonyl (C=O) groups excluding carboxylic acids is 3. The minimum absolute atomic E-state index is 0.0630. The number of primary amides is 1. The molecule has 1 aromatic carbocycles. The number of likely N-dealkylation sites (tertiary alicyclic amines) is 1. The summed E-state index contributed by atoms with van der Waals surface area (Å²) in [6.45, 7) is 0.471. The van der Waals surface area contributed by atoms with Gasteiger partial charge in [-0.05, 0) is 12.0 Å². The van der Waals surface area contributed by atoms with Crippen LogP contribution in [-0.2, 0) is 25.5 Å². The molecule has 1 aromatic rings. The Morgan fingerprint density at radius 2 is 2.00 bits per heavy atom. The van der Waals surface area contributed by atoms with E-state index in [-0.39, 0.29) is 12.3 Å². The highest BCUT2D eigenvalue weighted by Crippen LogP contribution is 2.19. The fourth-order valence-corrected chi connectivity index (χ4v) is 2.31. The summed E-state index contributed by atoms with van der Waals surface area (Å²) in [6, 6.07) is 9.84. The third-order valence-corrected chi connectivity index (χ3v) is 3.42. The van der Waals surface area contributed by atoms with E-state index in [9.17, 15) is 14.4 Å². The number of hydrogen-bond acceptors (Lipinski definition) is 4. The maximum atomic E-state index is 11.9. The Morgan fingerprint density at radius 1 is 1.29 bits per heavy atom. The summed E-state index contributed by atoms with van der Waals surface area (Å²) >= 11 is 0. The average Bonchev–Trinajstić information content (AvgIpc) is 2.85. The molecule has 0 unspecified atom stereocenters. The highest BCUT2D eigenvalue weighted by Gasteiger charge is 2.35. The van der Waals surface area contributed by atoms with E-state index in [2.05, 4.69) is 0 Å². The zero-order valence-electron chi connectivity index (χ0n) is 11.7. The van der Waals surface area contributed by atoms with Crippen LogP contribution in [0.25, 0.3) is 0 Å². The molecule has 0 saturated carbocycles. The van der Waals surface area contributed by atoms with E-state index in [4.69, 9.17) is 10.5 Å². The molecule has 2 amide bonds. The van der Waals surface area contributed by atoms with Crippen LogP contribution < -0.4 is 5.73 Å². The Morgan fingerprint density at radius 3 is 2.67 bits per heavy atom. The Hall–Kier alpha value is -2.37. The third-order valence-electron chi connectivity index (χ3n) is 3.42. The van der Waals surface area contributed by atoms with Crippen LogP contribution in [0.4, 0.5) is 0 Å². The van der Waals surface area contributed by atoms with E-state index < -0.39 is 24.4 Å². The SMILES string of the molecule is NC(=O)COC(=O)[C@H]1CC(=O)N(CCc2ccccc2)C1. The van der Waals surface area contributed by atoms with Gasteiger partial charge >= 0.3 is 5.97 Å². The monoisotopic (exact) mass is 290 g/mol. The normalized spacial score (nSPS) is 17.8. The van der Waals surface area contributed by atoms with Crippen molar-refractivity contribution in [2.45, 2.75) is 12.8 Å². The van der Waals surface area contributed by atoms with E-state index in [1.165, 1.54) is 0 Å². The second-order valence-electron chi connectivity index (χ2n) is 5.05. The standard InChI is InChI=1S/C15H18N2O4/c16-13(18)10-21-15(20)12-8-14(19)17(9-12)7-6-11-4-2-1-3-5-11/h1-5,12H,6-10H2,(H2,16,18)/t12-/m0/s1. The van der Waals surface area contributed by atoms with Crippen molar-refractivity contribution < 1.29 is 19.1 Å². The van der Waals surface area contributed by atoms with Crippen LogP contribution in [0, 0.1) is 5.92 Å². The van der Waals surface area contributed by atoms with Crippen molar-refractivity contribution in [3.05, 3.63) is 35.9 Å². The molecule has 6 heteroatoms. The maximum Gasteiger partial charge on any atom is 0.311 e. The topological polar surface area (TPSA) is 89.7 Å². The molecule has 2 N–H and O–H groups in total. The minimum Gasteiger partial charge on any atom is -0.455 e. The Kier molecular flexibility index (Phi) is 4.92. The average molecular weight is 290 g/mol. The Balaban J connectivity index is 1.82. The van der Waals surface area contributed by atoms with Gasteiger partial charge in [-0.25, -0.2) is 0 Å². The van der Waals surface area contributed by atoms with Crippen molar-refractivity contribution in [1.82, 2.24) is 4.90 Å². The lowest BCUT2D eigenvalue weighted by atomic mass is 10.1. The minimum atomic E-state index is -0.700. The summed E-state index contributed by atoms with van der Waals surface area (Å²) in [5.74, 6) is -1.81. The largest absolute Gasteiger partial charge is 0.455 e. The molecule has 0 aromatic heterocycles. The lowest BCUT2D eigenvalue weighted by Crippen LogP contribution is -2.29. The lowest BCUT2D eigenvalue weighted by Gasteiger charge is -2.16. The van der Waals surface area contributed by atoms with Crippen molar-refractivity contribution in [3.63, 3.8) is 0 Å². The van der Waals surface area contributed by atoms with E-state index in [1.54, 1.807) is 4.90 Å². The molecule has 112 valence electrons. The summed E-state index contributed by atoms with van der Waals surface area (Å²) in [7, 11) is 0. The summed E-state index contributed by atoms with van der Waals surface area (Å²) in [6.07, 6.45) is 0.877. The Labute approximate surface area is 122 Å². The maximum absolute atomic E-state index is 11.9. The predicted octanol–water partition coefficient (Wildman–Crippen LogP) is 0.106. The van der Waals surface area contributed by atoms with Crippen molar-refractivity contribution >= 4 is 17.8 Å². The molecule has 1 saturated heterocycles. The molecule has 0 bridgehead atoms. The van der Waals surface area contributed by atoms with Gasteiger partial charge in [0, 0.05) is 19.5 Å². The van der Waals surface area contributed by atoms with Crippen LogP contribution in [0.5, 0.6) is 0 Å². The third kappa shape index (κ3) is 4.30. The first-order valence-corrected chi connectivity index (χ1v) is 6.83. The number of ether oxygens (including phenoxy) is 1. The molecule has 1 fully saturated rings. The van der Waals surface area contributed by atoms with Gasteiger partial charge < -0.3 is 15.4 Å².